The fourth-order valence-electron chi connectivity index (χ4n) is 2.69. The highest BCUT2D eigenvalue weighted by Gasteiger charge is 2.11. The average molecular weight is 307 g/mol. The van der Waals surface area contributed by atoms with E-state index in [1.165, 1.54) is 11.1 Å². The van der Waals surface area contributed by atoms with Crippen LogP contribution in [-0.4, -0.2) is 19.1 Å². The summed E-state index contributed by atoms with van der Waals surface area (Å²) in [5.41, 5.74) is 3.47. The minimum Gasteiger partial charge on any atom is -0.493 e. The van der Waals surface area contributed by atoms with Crippen molar-refractivity contribution < 1.29 is 9.53 Å². The number of fused-ring (bicyclic) bond motifs is 1. The maximum atomic E-state index is 12.0. The van der Waals surface area contributed by atoms with Crippen LogP contribution >= 0.6 is 0 Å². The van der Waals surface area contributed by atoms with Crippen LogP contribution in [0.5, 0.6) is 5.75 Å². The Balaban J connectivity index is 1.53. The highest BCUT2D eigenvalue weighted by molar-refractivity contribution is 5.91. The summed E-state index contributed by atoms with van der Waals surface area (Å²) in [6.45, 7) is 3.49. The van der Waals surface area contributed by atoms with Gasteiger partial charge < -0.3 is 10.1 Å². The SMILES string of the molecule is CC(CNC(=O)/C=C/c1ccc2c(c1)CCO2)c1ccccc1. The minimum atomic E-state index is -0.0653. The molecule has 0 bridgehead atoms. The van der Waals surface area contributed by atoms with Gasteiger partial charge in [0.1, 0.15) is 5.75 Å². The summed E-state index contributed by atoms with van der Waals surface area (Å²) in [6.07, 6.45) is 4.38. The van der Waals surface area contributed by atoms with Crippen LogP contribution in [0.4, 0.5) is 0 Å². The third-order valence-electron chi connectivity index (χ3n) is 4.09. The van der Waals surface area contributed by atoms with Crippen molar-refractivity contribution in [1.82, 2.24) is 5.32 Å². The molecule has 0 aromatic heterocycles. The molecule has 0 fully saturated rings. The van der Waals surface area contributed by atoms with Crippen molar-refractivity contribution in [2.45, 2.75) is 19.3 Å². The van der Waals surface area contributed by atoms with Crippen LogP contribution in [0.1, 0.15) is 29.5 Å². The summed E-state index contributed by atoms with van der Waals surface area (Å²) < 4.78 is 5.48. The molecule has 0 aliphatic carbocycles. The van der Waals surface area contributed by atoms with Crippen LogP contribution in [0.3, 0.4) is 0 Å². The van der Waals surface area contributed by atoms with Gasteiger partial charge in [-0.2, -0.15) is 0 Å². The molecular formula is C20H21NO2. The molecule has 0 saturated heterocycles. The van der Waals surface area contributed by atoms with Crippen molar-refractivity contribution in [3.8, 4) is 5.75 Å². The van der Waals surface area contributed by atoms with Crippen LogP contribution in [-0.2, 0) is 11.2 Å². The van der Waals surface area contributed by atoms with Gasteiger partial charge in [0.05, 0.1) is 6.61 Å². The standard InChI is InChI=1S/C20H21NO2/c1-15(17-5-3-2-4-6-17)14-21-20(22)10-8-16-7-9-19-18(13-16)11-12-23-19/h2-10,13,15H,11-12,14H2,1H3,(H,21,22)/b10-8+. The first-order valence-corrected chi connectivity index (χ1v) is 7.99. The Morgan fingerprint density at radius 2 is 2.09 bits per heavy atom. The lowest BCUT2D eigenvalue weighted by Crippen LogP contribution is -2.25. The number of carbonyl (C=O) groups excluding carboxylic acids is 1. The van der Waals surface area contributed by atoms with Crippen molar-refractivity contribution in [1.29, 1.82) is 0 Å². The molecule has 1 N–H and O–H groups in total. The molecule has 0 saturated carbocycles. The second-order valence-electron chi connectivity index (χ2n) is 5.86. The molecule has 1 aliphatic rings. The molecule has 3 heteroatoms. The Hall–Kier alpha value is -2.55. The summed E-state index contributed by atoms with van der Waals surface area (Å²) in [5.74, 6) is 1.19. The third kappa shape index (κ3) is 4.01. The number of carbonyl (C=O) groups is 1. The van der Waals surface area contributed by atoms with E-state index in [0.29, 0.717) is 12.5 Å². The third-order valence-corrected chi connectivity index (χ3v) is 4.09. The Bertz CT molecular complexity index is 707. The number of benzene rings is 2. The number of hydrogen-bond donors (Lipinski definition) is 1. The lowest BCUT2D eigenvalue weighted by atomic mass is 10.0. The van der Waals surface area contributed by atoms with Crippen LogP contribution in [0.15, 0.2) is 54.6 Å². The van der Waals surface area contributed by atoms with Gasteiger partial charge in [0.15, 0.2) is 0 Å². The Kier molecular flexibility index (Phi) is 4.77. The Morgan fingerprint density at radius 1 is 1.26 bits per heavy atom. The van der Waals surface area contributed by atoms with Crippen LogP contribution in [0.2, 0.25) is 0 Å². The first-order valence-electron chi connectivity index (χ1n) is 7.99. The second-order valence-corrected chi connectivity index (χ2v) is 5.86. The fourth-order valence-corrected chi connectivity index (χ4v) is 2.69. The van der Waals surface area contributed by atoms with Crippen molar-refractivity contribution in [3.63, 3.8) is 0 Å². The lowest BCUT2D eigenvalue weighted by molar-refractivity contribution is -0.116. The molecule has 1 atom stereocenters. The monoisotopic (exact) mass is 307 g/mol. The predicted octanol–water partition coefficient (Wildman–Crippen LogP) is 3.55. The summed E-state index contributed by atoms with van der Waals surface area (Å²) in [5, 5.41) is 2.95. The normalized spacial score (nSPS) is 14.3. The Labute approximate surface area is 137 Å². The van der Waals surface area contributed by atoms with Gasteiger partial charge in [-0.1, -0.05) is 43.3 Å². The van der Waals surface area contributed by atoms with Crippen LogP contribution in [0, 0.1) is 0 Å². The number of ether oxygens (including phenoxy) is 1. The second kappa shape index (κ2) is 7.14. The number of rotatable bonds is 5. The summed E-state index contributed by atoms with van der Waals surface area (Å²) >= 11 is 0. The fraction of sp³-hybridized carbons (Fsp3) is 0.250. The quantitative estimate of drug-likeness (QED) is 0.858. The van der Waals surface area contributed by atoms with Crippen molar-refractivity contribution >= 4 is 12.0 Å². The molecule has 1 heterocycles. The molecule has 3 rings (SSSR count). The van der Waals surface area contributed by atoms with E-state index in [0.717, 1.165) is 24.3 Å². The molecule has 0 radical (unpaired) electrons. The van der Waals surface area contributed by atoms with Crippen LogP contribution < -0.4 is 10.1 Å². The van der Waals surface area contributed by atoms with Crippen molar-refractivity contribution in [3.05, 3.63) is 71.3 Å². The van der Waals surface area contributed by atoms with Crippen molar-refractivity contribution in [2.75, 3.05) is 13.2 Å². The number of nitrogens with one attached hydrogen (secondary N) is 1. The summed E-state index contributed by atoms with van der Waals surface area (Å²) in [6, 6.07) is 16.2. The predicted molar refractivity (Wildman–Crippen MR) is 92.5 cm³/mol. The topological polar surface area (TPSA) is 38.3 Å². The molecule has 118 valence electrons. The zero-order valence-electron chi connectivity index (χ0n) is 13.3. The molecule has 1 aliphatic heterocycles. The number of amides is 1. The first-order chi connectivity index (χ1) is 11.2. The maximum Gasteiger partial charge on any atom is 0.244 e. The van der Waals surface area contributed by atoms with E-state index in [-0.39, 0.29) is 5.91 Å². The highest BCUT2D eigenvalue weighted by Crippen LogP contribution is 2.26. The zero-order chi connectivity index (χ0) is 16.1. The van der Waals surface area contributed by atoms with Gasteiger partial charge >= 0.3 is 0 Å². The Morgan fingerprint density at radius 3 is 2.91 bits per heavy atom. The molecule has 1 amide bonds. The molecule has 1 unspecified atom stereocenters. The molecule has 3 nitrogen and oxygen atoms in total. The van der Waals surface area contributed by atoms with Crippen molar-refractivity contribution in [2.24, 2.45) is 0 Å². The molecule has 0 spiro atoms. The first kappa shape index (κ1) is 15.3. The highest BCUT2D eigenvalue weighted by atomic mass is 16.5. The van der Waals surface area contributed by atoms with Gasteiger partial charge in [0.25, 0.3) is 0 Å². The zero-order valence-corrected chi connectivity index (χ0v) is 13.3. The van der Waals surface area contributed by atoms with E-state index in [2.05, 4.69) is 30.4 Å². The maximum absolute atomic E-state index is 12.0. The number of hydrogen-bond acceptors (Lipinski definition) is 2. The van der Waals surface area contributed by atoms with Gasteiger partial charge in [-0.15, -0.1) is 0 Å². The summed E-state index contributed by atoms with van der Waals surface area (Å²) in [7, 11) is 0. The van der Waals surface area contributed by atoms with E-state index in [9.17, 15) is 4.79 Å². The van der Waals surface area contributed by atoms with E-state index in [4.69, 9.17) is 4.74 Å². The van der Waals surface area contributed by atoms with Gasteiger partial charge in [-0.05, 0) is 40.8 Å². The van der Waals surface area contributed by atoms with E-state index in [1.54, 1.807) is 6.08 Å². The smallest absolute Gasteiger partial charge is 0.244 e. The lowest BCUT2D eigenvalue weighted by Gasteiger charge is -2.11. The van der Waals surface area contributed by atoms with Gasteiger partial charge in [-0.3, -0.25) is 4.79 Å². The minimum absolute atomic E-state index is 0.0653. The molecular weight excluding hydrogens is 286 g/mol. The average Bonchev–Trinajstić information content (AvgIpc) is 3.06. The van der Waals surface area contributed by atoms with Gasteiger partial charge in [0, 0.05) is 19.0 Å². The molecule has 2 aromatic carbocycles. The van der Waals surface area contributed by atoms with Gasteiger partial charge in [0.2, 0.25) is 5.91 Å². The van der Waals surface area contributed by atoms with E-state index in [1.807, 2.05) is 36.4 Å². The summed E-state index contributed by atoms with van der Waals surface area (Å²) in [4.78, 5) is 12.0. The van der Waals surface area contributed by atoms with Gasteiger partial charge in [-0.25, -0.2) is 0 Å². The van der Waals surface area contributed by atoms with E-state index < -0.39 is 0 Å². The van der Waals surface area contributed by atoms with Crippen LogP contribution in [0.25, 0.3) is 6.08 Å². The molecule has 23 heavy (non-hydrogen) atoms. The molecule has 2 aromatic rings. The van der Waals surface area contributed by atoms with E-state index >= 15 is 0 Å². The largest absolute Gasteiger partial charge is 0.493 e.